The molecule has 2 aliphatic rings. The summed E-state index contributed by atoms with van der Waals surface area (Å²) in [6, 6.07) is 0. The number of hydrogen-bond donors (Lipinski definition) is 1. The predicted molar refractivity (Wildman–Crippen MR) is 40.7 cm³/mol. The maximum Gasteiger partial charge on any atom is 0.0575 e. The minimum Gasteiger partial charge on any atom is -0.393 e. The van der Waals surface area contributed by atoms with Gasteiger partial charge in [0.1, 0.15) is 0 Å². The first-order valence-corrected chi connectivity index (χ1v) is 4.56. The molecule has 0 bridgehead atoms. The predicted octanol–water partition coefficient (Wildman–Crippen LogP) is 1.95. The first-order valence-electron chi connectivity index (χ1n) is 4.56. The summed E-state index contributed by atoms with van der Waals surface area (Å²) in [6.07, 6.45) is 8.22. The Morgan fingerprint density at radius 1 is 1.00 bits per heavy atom. The van der Waals surface area contributed by atoms with E-state index in [-0.39, 0.29) is 6.10 Å². The molecule has 0 radical (unpaired) electrons. The molecular formula is C9H16O. The van der Waals surface area contributed by atoms with Crippen molar-refractivity contribution in [2.45, 2.75) is 44.6 Å². The molecule has 2 fully saturated rings. The highest BCUT2D eigenvalue weighted by molar-refractivity contribution is 4.91. The van der Waals surface area contributed by atoms with Crippen molar-refractivity contribution in [3.05, 3.63) is 0 Å². The molecule has 0 aromatic heterocycles. The minimum absolute atomic E-state index is 0.0862. The summed E-state index contributed by atoms with van der Waals surface area (Å²) in [6.45, 7) is 0. The van der Waals surface area contributed by atoms with Crippen LogP contribution < -0.4 is 0 Å². The van der Waals surface area contributed by atoms with E-state index in [2.05, 4.69) is 0 Å². The van der Waals surface area contributed by atoms with Gasteiger partial charge in [-0.2, -0.15) is 0 Å². The molecule has 0 heterocycles. The maximum absolute atomic E-state index is 9.18. The number of aliphatic hydroxyl groups excluding tert-OH is 1. The van der Waals surface area contributed by atoms with Crippen molar-refractivity contribution in [3.63, 3.8) is 0 Å². The topological polar surface area (TPSA) is 20.2 Å². The Labute approximate surface area is 62.4 Å². The SMILES string of the molecule is O[C@H]1C[C@@H]1C1CCCCC1. The molecular weight excluding hydrogens is 124 g/mol. The summed E-state index contributed by atoms with van der Waals surface area (Å²) >= 11 is 0. The molecule has 0 aromatic rings. The highest BCUT2D eigenvalue weighted by Crippen LogP contribution is 2.43. The van der Waals surface area contributed by atoms with E-state index in [9.17, 15) is 5.11 Å². The fourth-order valence-electron chi connectivity index (χ4n) is 2.27. The molecule has 2 atom stereocenters. The van der Waals surface area contributed by atoms with E-state index in [1.807, 2.05) is 0 Å². The van der Waals surface area contributed by atoms with Crippen LogP contribution in [0.15, 0.2) is 0 Å². The van der Waals surface area contributed by atoms with Gasteiger partial charge in [-0.05, 0) is 18.3 Å². The van der Waals surface area contributed by atoms with Crippen LogP contribution in [0, 0.1) is 11.8 Å². The molecule has 2 rings (SSSR count). The summed E-state index contributed by atoms with van der Waals surface area (Å²) in [5, 5.41) is 9.18. The third-order valence-corrected chi connectivity index (χ3v) is 3.06. The van der Waals surface area contributed by atoms with Crippen molar-refractivity contribution in [2.24, 2.45) is 11.8 Å². The van der Waals surface area contributed by atoms with Crippen LogP contribution in [0.2, 0.25) is 0 Å². The second-order valence-corrected chi connectivity index (χ2v) is 3.86. The van der Waals surface area contributed by atoms with Gasteiger partial charge in [0.2, 0.25) is 0 Å². The van der Waals surface area contributed by atoms with Crippen LogP contribution in [0.4, 0.5) is 0 Å². The quantitative estimate of drug-likeness (QED) is 0.590. The number of rotatable bonds is 1. The lowest BCUT2D eigenvalue weighted by Crippen LogP contribution is -2.10. The van der Waals surface area contributed by atoms with Crippen molar-refractivity contribution in [3.8, 4) is 0 Å². The average molecular weight is 140 g/mol. The van der Waals surface area contributed by atoms with Crippen LogP contribution in [0.25, 0.3) is 0 Å². The highest BCUT2D eigenvalue weighted by Gasteiger charge is 2.41. The van der Waals surface area contributed by atoms with Gasteiger partial charge >= 0.3 is 0 Å². The van der Waals surface area contributed by atoms with Crippen molar-refractivity contribution >= 4 is 0 Å². The Hall–Kier alpha value is -0.0400. The average Bonchev–Trinajstić information content (AvgIpc) is 2.69. The third kappa shape index (κ3) is 1.20. The zero-order chi connectivity index (χ0) is 6.97. The van der Waals surface area contributed by atoms with Crippen molar-refractivity contribution in [1.82, 2.24) is 0 Å². The lowest BCUT2D eigenvalue weighted by molar-refractivity contribution is 0.216. The highest BCUT2D eigenvalue weighted by atomic mass is 16.3. The van der Waals surface area contributed by atoms with Crippen LogP contribution in [0.3, 0.4) is 0 Å². The molecule has 1 heteroatoms. The fourth-order valence-corrected chi connectivity index (χ4v) is 2.27. The Bertz CT molecular complexity index is 116. The largest absolute Gasteiger partial charge is 0.393 e. The molecule has 2 aliphatic carbocycles. The van der Waals surface area contributed by atoms with Crippen molar-refractivity contribution in [1.29, 1.82) is 0 Å². The van der Waals surface area contributed by atoms with E-state index in [0.717, 1.165) is 12.3 Å². The third-order valence-electron chi connectivity index (χ3n) is 3.06. The molecule has 2 saturated carbocycles. The molecule has 10 heavy (non-hydrogen) atoms. The molecule has 1 nitrogen and oxygen atoms in total. The van der Waals surface area contributed by atoms with Gasteiger partial charge in [-0.25, -0.2) is 0 Å². The van der Waals surface area contributed by atoms with Crippen LogP contribution in [0.1, 0.15) is 38.5 Å². The molecule has 0 aromatic carbocycles. The van der Waals surface area contributed by atoms with E-state index in [1.165, 1.54) is 32.1 Å². The lowest BCUT2D eigenvalue weighted by atomic mass is 9.86. The molecule has 0 aliphatic heterocycles. The summed E-state index contributed by atoms with van der Waals surface area (Å²) in [5.41, 5.74) is 0. The van der Waals surface area contributed by atoms with E-state index in [1.54, 1.807) is 0 Å². The summed E-state index contributed by atoms with van der Waals surface area (Å²) < 4.78 is 0. The van der Waals surface area contributed by atoms with Gasteiger partial charge in [-0.15, -0.1) is 0 Å². The second-order valence-electron chi connectivity index (χ2n) is 3.86. The van der Waals surface area contributed by atoms with Crippen LogP contribution in [-0.2, 0) is 0 Å². The lowest BCUT2D eigenvalue weighted by Gasteiger charge is -2.20. The molecule has 0 saturated heterocycles. The van der Waals surface area contributed by atoms with Gasteiger partial charge in [-0.1, -0.05) is 32.1 Å². The first kappa shape index (κ1) is 6.66. The standard InChI is InChI=1S/C9H16O/c10-9-6-8(9)7-4-2-1-3-5-7/h7-10H,1-6H2/t8-,9+/m1/s1. The summed E-state index contributed by atoms with van der Waals surface area (Å²) in [5.74, 6) is 1.60. The zero-order valence-electron chi connectivity index (χ0n) is 6.42. The Kier molecular flexibility index (Phi) is 1.69. The second kappa shape index (κ2) is 2.54. The number of hydrogen-bond acceptors (Lipinski definition) is 1. The van der Waals surface area contributed by atoms with Gasteiger partial charge in [0.05, 0.1) is 6.10 Å². The minimum atomic E-state index is 0.0862. The first-order chi connectivity index (χ1) is 4.88. The Morgan fingerprint density at radius 2 is 1.60 bits per heavy atom. The Balaban J connectivity index is 1.81. The van der Waals surface area contributed by atoms with Gasteiger partial charge in [-0.3, -0.25) is 0 Å². The molecule has 0 amide bonds. The van der Waals surface area contributed by atoms with Crippen LogP contribution in [0.5, 0.6) is 0 Å². The van der Waals surface area contributed by atoms with Crippen LogP contribution in [-0.4, -0.2) is 11.2 Å². The van der Waals surface area contributed by atoms with Gasteiger partial charge in [0.15, 0.2) is 0 Å². The van der Waals surface area contributed by atoms with Gasteiger partial charge < -0.3 is 5.11 Å². The van der Waals surface area contributed by atoms with Crippen molar-refractivity contribution in [2.75, 3.05) is 0 Å². The fraction of sp³-hybridized carbons (Fsp3) is 1.00. The molecule has 0 spiro atoms. The van der Waals surface area contributed by atoms with E-state index in [0.29, 0.717) is 5.92 Å². The Morgan fingerprint density at radius 3 is 2.10 bits per heavy atom. The molecule has 58 valence electrons. The maximum atomic E-state index is 9.18. The molecule has 0 unspecified atom stereocenters. The van der Waals surface area contributed by atoms with Crippen molar-refractivity contribution < 1.29 is 5.11 Å². The number of aliphatic hydroxyl groups is 1. The van der Waals surface area contributed by atoms with Gasteiger partial charge in [0.25, 0.3) is 0 Å². The van der Waals surface area contributed by atoms with Crippen LogP contribution >= 0.6 is 0 Å². The molecule has 1 N–H and O–H groups in total. The summed E-state index contributed by atoms with van der Waals surface area (Å²) in [7, 11) is 0. The van der Waals surface area contributed by atoms with E-state index in [4.69, 9.17) is 0 Å². The monoisotopic (exact) mass is 140 g/mol. The van der Waals surface area contributed by atoms with Gasteiger partial charge in [0, 0.05) is 0 Å². The summed E-state index contributed by atoms with van der Waals surface area (Å²) in [4.78, 5) is 0. The smallest absolute Gasteiger partial charge is 0.0575 e. The zero-order valence-corrected chi connectivity index (χ0v) is 6.42. The normalized spacial score (nSPS) is 41.7. The van der Waals surface area contributed by atoms with E-state index >= 15 is 0 Å². The van der Waals surface area contributed by atoms with E-state index < -0.39 is 0 Å².